The molecule has 0 spiro atoms. The lowest BCUT2D eigenvalue weighted by Gasteiger charge is -2.27. The van der Waals surface area contributed by atoms with Gasteiger partial charge in [0.25, 0.3) is 0 Å². The number of rotatable bonds is 6. The van der Waals surface area contributed by atoms with Crippen LogP contribution in [0.5, 0.6) is 0 Å². The van der Waals surface area contributed by atoms with Gasteiger partial charge in [0.2, 0.25) is 0 Å². The van der Waals surface area contributed by atoms with Crippen molar-refractivity contribution in [3.63, 3.8) is 0 Å². The second-order valence-corrected chi connectivity index (χ2v) is 5.95. The molecule has 0 aliphatic carbocycles. The minimum absolute atomic E-state index is 0.0706. The molecule has 3 heteroatoms. The van der Waals surface area contributed by atoms with E-state index in [1.807, 2.05) is 19.1 Å². The van der Waals surface area contributed by atoms with Gasteiger partial charge in [-0.15, -0.1) is 0 Å². The highest BCUT2D eigenvalue weighted by Gasteiger charge is 2.20. The van der Waals surface area contributed by atoms with Crippen molar-refractivity contribution >= 4 is 0 Å². The predicted octanol–water partition coefficient (Wildman–Crippen LogP) is 3.60. The summed E-state index contributed by atoms with van der Waals surface area (Å²) in [6.07, 6.45) is 6.12. The van der Waals surface area contributed by atoms with Crippen LogP contribution in [0.2, 0.25) is 0 Å². The molecule has 0 aromatic heterocycles. The van der Waals surface area contributed by atoms with Gasteiger partial charge in [-0.25, -0.2) is 4.39 Å². The van der Waals surface area contributed by atoms with Gasteiger partial charge in [0.15, 0.2) is 0 Å². The molecule has 1 aliphatic heterocycles. The molecule has 1 atom stereocenters. The van der Waals surface area contributed by atoms with Gasteiger partial charge >= 0.3 is 0 Å². The zero-order chi connectivity index (χ0) is 14.4. The highest BCUT2D eigenvalue weighted by Crippen LogP contribution is 2.21. The van der Waals surface area contributed by atoms with Crippen molar-refractivity contribution in [1.29, 1.82) is 0 Å². The number of ether oxygens (including phenoxy) is 1. The Morgan fingerprint density at radius 2 is 2.05 bits per heavy atom. The zero-order valence-corrected chi connectivity index (χ0v) is 12.4. The lowest BCUT2D eigenvalue weighted by Crippen LogP contribution is -2.34. The molecule has 1 aliphatic rings. The maximum atomic E-state index is 13.7. The van der Waals surface area contributed by atoms with E-state index in [0.29, 0.717) is 5.92 Å². The Kier molecular flexibility index (Phi) is 5.99. The van der Waals surface area contributed by atoms with Crippen LogP contribution < -0.4 is 5.73 Å². The zero-order valence-electron chi connectivity index (χ0n) is 12.4. The molecule has 112 valence electrons. The lowest BCUT2D eigenvalue weighted by molar-refractivity contribution is 0.0572. The number of halogens is 1. The van der Waals surface area contributed by atoms with Crippen LogP contribution in [0.25, 0.3) is 0 Å². The van der Waals surface area contributed by atoms with Crippen LogP contribution in [0.1, 0.15) is 43.2 Å². The van der Waals surface area contributed by atoms with Crippen molar-refractivity contribution in [1.82, 2.24) is 0 Å². The molecule has 0 bridgehead atoms. The highest BCUT2D eigenvalue weighted by atomic mass is 19.1. The van der Waals surface area contributed by atoms with Crippen LogP contribution in [0.3, 0.4) is 0 Å². The monoisotopic (exact) mass is 279 g/mol. The fourth-order valence-corrected chi connectivity index (χ4v) is 2.93. The van der Waals surface area contributed by atoms with Gasteiger partial charge in [-0.2, -0.15) is 0 Å². The average Bonchev–Trinajstić information content (AvgIpc) is 2.46. The maximum Gasteiger partial charge on any atom is 0.126 e. The first-order chi connectivity index (χ1) is 9.66. The van der Waals surface area contributed by atoms with Crippen LogP contribution >= 0.6 is 0 Å². The predicted molar refractivity (Wildman–Crippen MR) is 80.2 cm³/mol. The van der Waals surface area contributed by atoms with Crippen LogP contribution in [-0.2, 0) is 11.2 Å². The molecule has 1 saturated heterocycles. The normalized spacial score (nSPS) is 18.1. The van der Waals surface area contributed by atoms with Crippen LogP contribution in [0, 0.1) is 18.7 Å². The maximum absolute atomic E-state index is 13.7. The molecule has 2 nitrogen and oxygen atoms in total. The summed E-state index contributed by atoms with van der Waals surface area (Å²) in [5.74, 6) is 0.540. The van der Waals surface area contributed by atoms with E-state index in [4.69, 9.17) is 10.5 Å². The molecular weight excluding hydrogens is 253 g/mol. The van der Waals surface area contributed by atoms with Gasteiger partial charge in [0, 0.05) is 19.3 Å². The molecule has 1 aromatic carbocycles. The number of aryl methyl sites for hydroxylation is 2. The Balaban J connectivity index is 1.68. The Morgan fingerprint density at radius 1 is 1.30 bits per heavy atom. The van der Waals surface area contributed by atoms with Crippen LogP contribution in [-0.4, -0.2) is 19.3 Å². The molecular formula is C17H26FNO. The average molecular weight is 279 g/mol. The van der Waals surface area contributed by atoms with Crippen molar-refractivity contribution in [3.8, 4) is 0 Å². The van der Waals surface area contributed by atoms with Crippen molar-refractivity contribution in [2.75, 3.05) is 13.2 Å². The number of nitrogens with two attached hydrogens (primary N) is 1. The number of hydrogen-bond donors (Lipinski definition) is 1. The Bertz CT molecular complexity index is 415. The largest absolute Gasteiger partial charge is 0.381 e. The molecule has 1 unspecified atom stereocenters. The van der Waals surface area contributed by atoms with E-state index in [1.54, 1.807) is 6.07 Å². The van der Waals surface area contributed by atoms with Gasteiger partial charge in [-0.05, 0) is 62.1 Å². The molecule has 0 saturated carbocycles. The fraction of sp³-hybridized carbons (Fsp3) is 0.647. The van der Waals surface area contributed by atoms with Crippen molar-refractivity contribution in [2.24, 2.45) is 11.7 Å². The summed E-state index contributed by atoms with van der Waals surface area (Å²) in [5, 5.41) is 0. The van der Waals surface area contributed by atoms with E-state index < -0.39 is 0 Å². The SMILES string of the molecule is Cc1ccc(CCCCC(N)C2CCOCC2)c(F)c1. The molecule has 2 N–H and O–H groups in total. The van der Waals surface area contributed by atoms with E-state index in [-0.39, 0.29) is 11.9 Å². The van der Waals surface area contributed by atoms with E-state index in [1.165, 1.54) is 0 Å². The second-order valence-electron chi connectivity index (χ2n) is 5.95. The third-order valence-electron chi connectivity index (χ3n) is 4.31. The van der Waals surface area contributed by atoms with Gasteiger partial charge < -0.3 is 10.5 Å². The summed E-state index contributed by atoms with van der Waals surface area (Å²) >= 11 is 0. The number of hydrogen-bond acceptors (Lipinski definition) is 2. The van der Waals surface area contributed by atoms with Crippen molar-refractivity contribution in [3.05, 3.63) is 35.1 Å². The third-order valence-corrected chi connectivity index (χ3v) is 4.31. The highest BCUT2D eigenvalue weighted by molar-refractivity contribution is 5.23. The first-order valence-electron chi connectivity index (χ1n) is 7.75. The molecule has 0 radical (unpaired) electrons. The molecule has 0 amide bonds. The molecule has 1 fully saturated rings. The van der Waals surface area contributed by atoms with E-state index in [2.05, 4.69) is 0 Å². The molecule has 2 rings (SSSR count). The summed E-state index contributed by atoms with van der Waals surface area (Å²) in [6.45, 7) is 3.62. The molecule has 1 heterocycles. The smallest absolute Gasteiger partial charge is 0.126 e. The van der Waals surface area contributed by atoms with E-state index in [9.17, 15) is 4.39 Å². The van der Waals surface area contributed by atoms with E-state index in [0.717, 1.165) is 62.9 Å². The summed E-state index contributed by atoms with van der Waals surface area (Å²) in [7, 11) is 0. The van der Waals surface area contributed by atoms with Gasteiger partial charge in [-0.1, -0.05) is 18.6 Å². The molecule has 20 heavy (non-hydrogen) atoms. The quantitative estimate of drug-likeness (QED) is 0.807. The van der Waals surface area contributed by atoms with Gasteiger partial charge in [0.1, 0.15) is 5.82 Å². The second kappa shape index (κ2) is 7.75. The van der Waals surface area contributed by atoms with Crippen LogP contribution in [0.15, 0.2) is 18.2 Å². The van der Waals surface area contributed by atoms with Gasteiger partial charge in [-0.3, -0.25) is 0 Å². The fourth-order valence-electron chi connectivity index (χ4n) is 2.93. The first kappa shape index (κ1) is 15.5. The van der Waals surface area contributed by atoms with E-state index >= 15 is 0 Å². The standard InChI is InChI=1S/C17H26FNO/c1-13-6-7-14(16(18)12-13)4-2-3-5-17(19)15-8-10-20-11-9-15/h6-7,12,15,17H,2-5,8-11,19H2,1H3. The van der Waals surface area contributed by atoms with Gasteiger partial charge in [0.05, 0.1) is 0 Å². The summed E-state index contributed by atoms with van der Waals surface area (Å²) in [6, 6.07) is 5.78. The third kappa shape index (κ3) is 4.57. The Morgan fingerprint density at radius 3 is 2.75 bits per heavy atom. The van der Waals surface area contributed by atoms with Crippen molar-refractivity contribution in [2.45, 2.75) is 51.5 Å². The van der Waals surface area contributed by atoms with Crippen molar-refractivity contribution < 1.29 is 9.13 Å². The van der Waals surface area contributed by atoms with Crippen LogP contribution in [0.4, 0.5) is 4.39 Å². The number of unbranched alkanes of at least 4 members (excludes halogenated alkanes) is 1. The summed E-state index contributed by atoms with van der Waals surface area (Å²) < 4.78 is 19.0. The Hall–Kier alpha value is -0.930. The minimum Gasteiger partial charge on any atom is -0.381 e. The topological polar surface area (TPSA) is 35.2 Å². The summed E-state index contributed by atoms with van der Waals surface area (Å²) in [5.41, 5.74) is 8.06. The summed E-state index contributed by atoms with van der Waals surface area (Å²) in [4.78, 5) is 0. The Labute approximate surface area is 121 Å². The lowest BCUT2D eigenvalue weighted by atomic mass is 9.89. The first-order valence-corrected chi connectivity index (χ1v) is 7.75. The number of benzene rings is 1. The molecule has 1 aromatic rings. The minimum atomic E-state index is -0.0706.